The van der Waals surface area contributed by atoms with E-state index < -0.39 is 0 Å². The van der Waals surface area contributed by atoms with Gasteiger partial charge in [-0.05, 0) is 43.6 Å². The molecule has 0 amide bonds. The molecule has 4 aromatic rings. The molecule has 29 heavy (non-hydrogen) atoms. The zero-order chi connectivity index (χ0) is 19.6. The number of aromatic nitrogens is 5. The number of pyridine rings is 1. The number of rotatable bonds is 5. The smallest absolute Gasteiger partial charge is 0.247 e. The van der Waals surface area contributed by atoms with Crippen molar-refractivity contribution in [1.82, 2.24) is 29.3 Å². The molecule has 5 rings (SSSR count). The van der Waals surface area contributed by atoms with Crippen molar-refractivity contribution < 1.29 is 0 Å². The lowest BCUT2D eigenvalue weighted by Crippen LogP contribution is -2.29. The Morgan fingerprint density at radius 3 is 2.59 bits per heavy atom. The van der Waals surface area contributed by atoms with Gasteiger partial charge in [0.15, 0.2) is 5.65 Å². The number of piperidine rings is 1. The van der Waals surface area contributed by atoms with E-state index in [1.165, 1.54) is 37.9 Å². The highest BCUT2D eigenvalue weighted by Gasteiger charge is 2.12. The van der Waals surface area contributed by atoms with Crippen molar-refractivity contribution in [3.63, 3.8) is 0 Å². The van der Waals surface area contributed by atoms with Crippen LogP contribution in [0.3, 0.4) is 0 Å². The third-order valence-corrected chi connectivity index (χ3v) is 5.43. The number of aryl methyl sites for hydroxylation is 1. The molecule has 0 unspecified atom stereocenters. The van der Waals surface area contributed by atoms with E-state index in [4.69, 9.17) is 0 Å². The van der Waals surface area contributed by atoms with E-state index in [0.717, 1.165) is 29.1 Å². The maximum atomic E-state index is 4.66. The zero-order valence-corrected chi connectivity index (χ0v) is 16.6. The highest BCUT2D eigenvalue weighted by atomic mass is 15.4. The number of hydrogen-bond donors (Lipinski definition) is 1. The van der Waals surface area contributed by atoms with Gasteiger partial charge in [0.25, 0.3) is 0 Å². The maximum Gasteiger partial charge on any atom is 0.247 e. The lowest BCUT2D eigenvalue weighted by atomic mass is 10.1. The minimum absolute atomic E-state index is 0.562. The van der Waals surface area contributed by atoms with E-state index in [-0.39, 0.29) is 0 Å². The molecule has 7 heteroatoms. The maximum absolute atomic E-state index is 4.66. The van der Waals surface area contributed by atoms with Crippen LogP contribution < -0.4 is 5.32 Å². The van der Waals surface area contributed by atoms with Crippen molar-refractivity contribution in [2.24, 2.45) is 7.05 Å². The van der Waals surface area contributed by atoms with E-state index in [2.05, 4.69) is 55.7 Å². The number of fused-ring (bicyclic) bond motifs is 1. The van der Waals surface area contributed by atoms with Crippen molar-refractivity contribution in [1.29, 1.82) is 0 Å². The molecule has 0 bridgehead atoms. The van der Waals surface area contributed by atoms with Gasteiger partial charge in [-0.15, -0.1) is 5.10 Å². The fraction of sp³-hybridized carbons (Fsp3) is 0.318. The molecule has 4 heterocycles. The van der Waals surface area contributed by atoms with Gasteiger partial charge in [0.05, 0.1) is 17.6 Å². The summed E-state index contributed by atoms with van der Waals surface area (Å²) in [6.07, 6.45) is 7.67. The lowest BCUT2D eigenvalue weighted by Gasteiger charge is -2.26. The highest BCUT2D eigenvalue weighted by Crippen LogP contribution is 2.23. The van der Waals surface area contributed by atoms with E-state index in [1.54, 1.807) is 10.9 Å². The summed E-state index contributed by atoms with van der Waals surface area (Å²) in [5, 5.41) is 12.0. The first kappa shape index (κ1) is 17.9. The molecule has 0 aliphatic carbocycles. The van der Waals surface area contributed by atoms with Crippen LogP contribution in [0.1, 0.15) is 24.8 Å². The first-order chi connectivity index (χ1) is 14.2. The summed E-state index contributed by atoms with van der Waals surface area (Å²) >= 11 is 0. The monoisotopic (exact) mass is 387 g/mol. The van der Waals surface area contributed by atoms with Gasteiger partial charge in [-0.1, -0.05) is 36.8 Å². The molecule has 0 saturated carbocycles. The molecular formula is C22H25N7. The number of anilines is 2. The molecule has 0 radical (unpaired) electrons. The summed E-state index contributed by atoms with van der Waals surface area (Å²) in [5.74, 6) is 0.562. The van der Waals surface area contributed by atoms with Gasteiger partial charge in [0.1, 0.15) is 0 Å². The van der Waals surface area contributed by atoms with Crippen LogP contribution in [0, 0.1) is 0 Å². The van der Waals surface area contributed by atoms with Crippen molar-refractivity contribution in [2.75, 3.05) is 18.4 Å². The van der Waals surface area contributed by atoms with Gasteiger partial charge in [0.2, 0.25) is 5.95 Å². The number of nitrogens with zero attached hydrogens (tertiary/aromatic N) is 6. The lowest BCUT2D eigenvalue weighted by molar-refractivity contribution is 0.221. The van der Waals surface area contributed by atoms with Gasteiger partial charge in [-0.3, -0.25) is 9.58 Å². The summed E-state index contributed by atoms with van der Waals surface area (Å²) in [6.45, 7) is 3.46. The molecular weight excluding hydrogens is 362 g/mol. The Balaban J connectivity index is 1.39. The van der Waals surface area contributed by atoms with Crippen molar-refractivity contribution in [3.05, 3.63) is 60.4 Å². The fourth-order valence-electron chi connectivity index (χ4n) is 3.95. The summed E-state index contributed by atoms with van der Waals surface area (Å²) < 4.78 is 3.63. The molecule has 7 nitrogen and oxygen atoms in total. The zero-order valence-electron chi connectivity index (χ0n) is 16.6. The van der Waals surface area contributed by atoms with Crippen LogP contribution in [-0.2, 0) is 13.6 Å². The molecule has 1 N–H and O–H groups in total. The Hall–Kier alpha value is -3.19. The number of benzene rings is 1. The summed E-state index contributed by atoms with van der Waals surface area (Å²) in [5.41, 5.74) is 5.20. The molecule has 1 aliphatic rings. The topological polar surface area (TPSA) is 63.3 Å². The van der Waals surface area contributed by atoms with E-state index in [9.17, 15) is 0 Å². The third kappa shape index (κ3) is 3.86. The van der Waals surface area contributed by atoms with Gasteiger partial charge in [0, 0.05) is 25.4 Å². The van der Waals surface area contributed by atoms with Crippen LogP contribution in [-0.4, -0.2) is 42.4 Å². The van der Waals surface area contributed by atoms with Crippen LogP contribution in [0.15, 0.2) is 54.9 Å². The first-order valence-electron chi connectivity index (χ1n) is 10.2. The predicted octanol–water partition coefficient (Wildman–Crippen LogP) is 3.86. The van der Waals surface area contributed by atoms with Crippen LogP contribution in [0.2, 0.25) is 0 Å². The molecule has 1 saturated heterocycles. The molecule has 148 valence electrons. The van der Waals surface area contributed by atoms with Crippen molar-refractivity contribution in [3.8, 4) is 11.3 Å². The SMILES string of the molecule is Cn1cc(Nc2nc3cccc(-c4ccc(CN5CCCCC5)cc4)n3n2)cn1. The van der Waals surface area contributed by atoms with Crippen molar-refractivity contribution >= 4 is 17.3 Å². The molecule has 0 spiro atoms. The minimum atomic E-state index is 0.562. The van der Waals surface area contributed by atoms with Crippen LogP contribution in [0.5, 0.6) is 0 Å². The van der Waals surface area contributed by atoms with Crippen molar-refractivity contribution in [2.45, 2.75) is 25.8 Å². The van der Waals surface area contributed by atoms with Crippen LogP contribution in [0.25, 0.3) is 16.9 Å². The molecule has 3 aromatic heterocycles. The Bertz CT molecular complexity index is 1100. The summed E-state index contributed by atoms with van der Waals surface area (Å²) in [6, 6.07) is 14.9. The Morgan fingerprint density at radius 2 is 1.83 bits per heavy atom. The predicted molar refractivity (Wildman–Crippen MR) is 114 cm³/mol. The second-order valence-electron chi connectivity index (χ2n) is 7.68. The average molecular weight is 387 g/mol. The second kappa shape index (κ2) is 7.67. The Morgan fingerprint density at radius 1 is 1.00 bits per heavy atom. The molecule has 1 aliphatic heterocycles. The Kier molecular flexibility index (Phi) is 4.73. The number of hydrogen-bond acceptors (Lipinski definition) is 5. The molecule has 1 fully saturated rings. The number of nitrogens with one attached hydrogen (secondary N) is 1. The summed E-state index contributed by atoms with van der Waals surface area (Å²) in [7, 11) is 1.88. The second-order valence-corrected chi connectivity index (χ2v) is 7.68. The largest absolute Gasteiger partial charge is 0.320 e. The summed E-state index contributed by atoms with van der Waals surface area (Å²) in [4.78, 5) is 7.14. The van der Waals surface area contributed by atoms with Crippen LogP contribution >= 0.6 is 0 Å². The van der Waals surface area contributed by atoms with Gasteiger partial charge >= 0.3 is 0 Å². The van der Waals surface area contributed by atoms with E-state index in [0.29, 0.717) is 5.95 Å². The fourth-order valence-corrected chi connectivity index (χ4v) is 3.95. The average Bonchev–Trinajstić information content (AvgIpc) is 3.34. The van der Waals surface area contributed by atoms with Gasteiger partial charge in [-0.25, -0.2) is 4.52 Å². The minimum Gasteiger partial charge on any atom is -0.320 e. The van der Waals surface area contributed by atoms with E-state index in [1.807, 2.05) is 29.9 Å². The van der Waals surface area contributed by atoms with Gasteiger partial charge < -0.3 is 5.32 Å². The normalized spacial score (nSPS) is 15.1. The first-order valence-corrected chi connectivity index (χ1v) is 10.2. The molecule has 0 atom stereocenters. The van der Waals surface area contributed by atoms with Crippen LogP contribution in [0.4, 0.5) is 11.6 Å². The highest BCUT2D eigenvalue weighted by molar-refractivity contribution is 5.64. The Labute approximate surface area is 170 Å². The number of likely N-dealkylation sites (tertiary alicyclic amines) is 1. The standard InChI is InChI=1S/C22H25N7/c1-27-16-19(14-23-27)24-22-25-21-7-5-6-20(29(21)26-22)18-10-8-17(9-11-18)15-28-12-3-2-4-13-28/h5-11,14,16H,2-4,12-13,15H2,1H3,(H,24,26). The molecule has 1 aromatic carbocycles. The van der Waals surface area contributed by atoms with Gasteiger partial charge in [-0.2, -0.15) is 10.1 Å². The quantitative estimate of drug-likeness (QED) is 0.563. The van der Waals surface area contributed by atoms with E-state index >= 15 is 0 Å². The third-order valence-electron chi connectivity index (χ3n) is 5.43.